The monoisotopic (exact) mass is 320 g/mol. The first-order valence-corrected chi connectivity index (χ1v) is 8.65. The SMILES string of the molecule is CC(C)Oc1cccc(C(=O)NC(CCO)C2CCCCC2)n1. The molecule has 1 atom stereocenters. The molecule has 1 heterocycles. The number of hydrogen-bond donors (Lipinski definition) is 2. The Bertz CT molecular complexity index is 499. The van der Waals surface area contributed by atoms with Gasteiger partial charge in [-0.05, 0) is 45.1 Å². The predicted molar refractivity (Wildman–Crippen MR) is 89.5 cm³/mol. The van der Waals surface area contributed by atoms with Crippen molar-refractivity contribution in [2.24, 2.45) is 5.92 Å². The van der Waals surface area contributed by atoms with Crippen molar-refractivity contribution in [2.75, 3.05) is 6.61 Å². The van der Waals surface area contributed by atoms with Gasteiger partial charge in [0.05, 0.1) is 6.10 Å². The number of aromatic nitrogens is 1. The number of rotatable bonds is 7. The van der Waals surface area contributed by atoms with Gasteiger partial charge >= 0.3 is 0 Å². The Balaban J connectivity index is 2.02. The van der Waals surface area contributed by atoms with Crippen molar-refractivity contribution in [3.05, 3.63) is 23.9 Å². The summed E-state index contributed by atoms with van der Waals surface area (Å²) in [6.45, 7) is 3.94. The van der Waals surface area contributed by atoms with Gasteiger partial charge in [-0.15, -0.1) is 0 Å². The Labute approximate surface area is 138 Å². The van der Waals surface area contributed by atoms with Crippen molar-refractivity contribution in [2.45, 2.75) is 64.5 Å². The van der Waals surface area contributed by atoms with Crippen LogP contribution in [0.15, 0.2) is 18.2 Å². The van der Waals surface area contributed by atoms with Crippen molar-refractivity contribution in [1.29, 1.82) is 0 Å². The van der Waals surface area contributed by atoms with Gasteiger partial charge in [-0.3, -0.25) is 4.79 Å². The van der Waals surface area contributed by atoms with Gasteiger partial charge in [-0.2, -0.15) is 0 Å². The Morgan fingerprint density at radius 2 is 2.09 bits per heavy atom. The zero-order valence-corrected chi connectivity index (χ0v) is 14.1. The van der Waals surface area contributed by atoms with E-state index >= 15 is 0 Å². The molecule has 0 spiro atoms. The zero-order chi connectivity index (χ0) is 16.7. The minimum Gasteiger partial charge on any atom is -0.475 e. The molecule has 1 aromatic heterocycles. The third kappa shape index (κ3) is 5.50. The molecule has 0 aromatic carbocycles. The second-order valence-electron chi connectivity index (χ2n) is 6.52. The molecule has 5 heteroatoms. The van der Waals surface area contributed by atoms with Gasteiger partial charge in [-0.1, -0.05) is 25.3 Å². The minimum atomic E-state index is -0.191. The van der Waals surface area contributed by atoms with Crippen LogP contribution in [0.2, 0.25) is 0 Å². The molecule has 1 aliphatic carbocycles. The number of aliphatic hydroxyl groups is 1. The number of nitrogens with zero attached hydrogens (tertiary/aromatic N) is 1. The van der Waals surface area contributed by atoms with Crippen LogP contribution >= 0.6 is 0 Å². The Hall–Kier alpha value is -1.62. The molecule has 0 saturated heterocycles. The molecule has 0 bridgehead atoms. The lowest BCUT2D eigenvalue weighted by Gasteiger charge is -2.30. The maximum Gasteiger partial charge on any atom is 0.270 e. The van der Waals surface area contributed by atoms with Crippen LogP contribution in [0.1, 0.15) is 62.9 Å². The third-order valence-electron chi connectivity index (χ3n) is 4.29. The maximum absolute atomic E-state index is 12.5. The highest BCUT2D eigenvalue weighted by molar-refractivity contribution is 5.92. The first-order valence-electron chi connectivity index (χ1n) is 8.65. The molecule has 0 aliphatic heterocycles. The highest BCUT2D eigenvalue weighted by Gasteiger charge is 2.25. The first kappa shape index (κ1) is 17.7. The number of amides is 1. The zero-order valence-electron chi connectivity index (χ0n) is 14.1. The van der Waals surface area contributed by atoms with Gasteiger partial charge in [-0.25, -0.2) is 4.98 Å². The van der Waals surface area contributed by atoms with Gasteiger partial charge in [0, 0.05) is 18.7 Å². The smallest absolute Gasteiger partial charge is 0.270 e. The fraction of sp³-hybridized carbons (Fsp3) is 0.667. The quantitative estimate of drug-likeness (QED) is 0.810. The van der Waals surface area contributed by atoms with Gasteiger partial charge in [0.1, 0.15) is 5.69 Å². The van der Waals surface area contributed by atoms with E-state index in [-0.39, 0.29) is 24.7 Å². The van der Waals surface area contributed by atoms with Gasteiger partial charge in [0.25, 0.3) is 5.91 Å². The summed E-state index contributed by atoms with van der Waals surface area (Å²) in [6.07, 6.45) is 6.54. The Morgan fingerprint density at radius 3 is 2.74 bits per heavy atom. The largest absolute Gasteiger partial charge is 0.475 e. The van der Waals surface area contributed by atoms with Crippen molar-refractivity contribution in [3.8, 4) is 5.88 Å². The fourth-order valence-corrected chi connectivity index (χ4v) is 3.19. The average Bonchev–Trinajstić information content (AvgIpc) is 2.55. The Morgan fingerprint density at radius 1 is 1.35 bits per heavy atom. The second kappa shape index (κ2) is 8.87. The summed E-state index contributed by atoms with van der Waals surface area (Å²) in [7, 11) is 0. The standard InChI is InChI=1S/C18H28N2O3/c1-13(2)23-17-10-6-9-16(19-17)18(22)20-15(11-12-21)14-7-4-3-5-8-14/h6,9-10,13-15,21H,3-5,7-8,11-12H2,1-2H3,(H,20,22). The van der Waals surface area contributed by atoms with E-state index in [9.17, 15) is 9.90 Å². The van der Waals surface area contributed by atoms with E-state index in [1.807, 2.05) is 13.8 Å². The normalized spacial score (nSPS) is 17.0. The molecule has 23 heavy (non-hydrogen) atoms. The summed E-state index contributed by atoms with van der Waals surface area (Å²) in [6, 6.07) is 5.24. The van der Waals surface area contributed by atoms with E-state index in [1.165, 1.54) is 19.3 Å². The van der Waals surface area contributed by atoms with E-state index in [0.717, 1.165) is 12.8 Å². The first-order chi connectivity index (χ1) is 11.1. The van der Waals surface area contributed by atoms with Crippen molar-refractivity contribution >= 4 is 5.91 Å². The van der Waals surface area contributed by atoms with Crippen LogP contribution in [0.25, 0.3) is 0 Å². The summed E-state index contributed by atoms with van der Waals surface area (Å²) < 4.78 is 5.54. The molecule has 2 N–H and O–H groups in total. The number of ether oxygens (including phenoxy) is 1. The molecule has 1 fully saturated rings. The molecule has 0 radical (unpaired) electrons. The van der Waals surface area contributed by atoms with Crippen LogP contribution in [0.5, 0.6) is 5.88 Å². The minimum absolute atomic E-state index is 0.0178. The van der Waals surface area contributed by atoms with Gasteiger partial charge in [0.2, 0.25) is 5.88 Å². The van der Waals surface area contributed by atoms with Crippen LogP contribution in [0.4, 0.5) is 0 Å². The van der Waals surface area contributed by atoms with Crippen LogP contribution in [0.3, 0.4) is 0 Å². The summed E-state index contributed by atoms with van der Waals surface area (Å²) in [4.78, 5) is 16.8. The number of aliphatic hydroxyl groups excluding tert-OH is 1. The Kier molecular flexibility index (Phi) is 6.84. The van der Waals surface area contributed by atoms with Gasteiger partial charge in [0.15, 0.2) is 0 Å². The number of hydrogen-bond acceptors (Lipinski definition) is 4. The van der Waals surface area contributed by atoms with E-state index in [1.54, 1.807) is 18.2 Å². The van der Waals surface area contributed by atoms with Crippen LogP contribution in [0, 0.1) is 5.92 Å². The predicted octanol–water partition coefficient (Wildman–Crippen LogP) is 2.93. The molecule has 1 aliphatic rings. The second-order valence-corrected chi connectivity index (χ2v) is 6.52. The molecule has 2 rings (SSSR count). The summed E-state index contributed by atoms with van der Waals surface area (Å²) >= 11 is 0. The average molecular weight is 320 g/mol. The lowest BCUT2D eigenvalue weighted by atomic mass is 9.82. The van der Waals surface area contributed by atoms with E-state index < -0.39 is 0 Å². The van der Waals surface area contributed by atoms with E-state index in [2.05, 4.69) is 10.3 Å². The summed E-state index contributed by atoms with van der Waals surface area (Å²) in [5.41, 5.74) is 0.363. The molecular weight excluding hydrogens is 292 g/mol. The van der Waals surface area contributed by atoms with Crippen LogP contribution < -0.4 is 10.1 Å². The highest BCUT2D eigenvalue weighted by atomic mass is 16.5. The molecular formula is C18H28N2O3. The maximum atomic E-state index is 12.5. The van der Waals surface area contributed by atoms with Crippen LogP contribution in [-0.4, -0.2) is 34.8 Å². The molecule has 1 saturated carbocycles. The lowest BCUT2D eigenvalue weighted by Crippen LogP contribution is -2.42. The molecule has 5 nitrogen and oxygen atoms in total. The molecule has 1 amide bonds. The van der Waals surface area contributed by atoms with Crippen LogP contribution in [-0.2, 0) is 0 Å². The number of carbonyl (C=O) groups excluding carboxylic acids is 1. The lowest BCUT2D eigenvalue weighted by molar-refractivity contribution is 0.0892. The molecule has 1 unspecified atom stereocenters. The van der Waals surface area contributed by atoms with Crippen molar-refractivity contribution < 1.29 is 14.6 Å². The van der Waals surface area contributed by atoms with E-state index in [0.29, 0.717) is 23.9 Å². The highest BCUT2D eigenvalue weighted by Crippen LogP contribution is 2.28. The number of carbonyl (C=O) groups is 1. The number of pyridine rings is 1. The summed E-state index contributed by atoms with van der Waals surface area (Å²) in [5.74, 6) is 0.724. The summed E-state index contributed by atoms with van der Waals surface area (Å²) in [5, 5.41) is 12.4. The fourth-order valence-electron chi connectivity index (χ4n) is 3.19. The topological polar surface area (TPSA) is 71.5 Å². The van der Waals surface area contributed by atoms with Crippen molar-refractivity contribution in [1.82, 2.24) is 10.3 Å². The third-order valence-corrected chi connectivity index (χ3v) is 4.29. The number of nitrogens with one attached hydrogen (secondary N) is 1. The van der Waals surface area contributed by atoms with E-state index in [4.69, 9.17) is 4.74 Å². The van der Waals surface area contributed by atoms with Crippen molar-refractivity contribution in [3.63, 3.8) is 0 Å². The molecule has 128 valence electrons. The van der Waals surface area contributed by atoms with Gasteiger partial charge < -0.3 is 15.2 Å². The molecule has 1 aromatic rings.